The molecule has 4 nitrogen and oxygen atoms in total. The standard InChI is InChI=1S/C14H17NO3/c15-14(17)18-13(16)12-9-5-4-8-11(12)10-6-2-1-3-7-10/h4-5,8-10H,1-3,6-7H2,(H2,15,17). The molecule has 1 saturated carbocycles. The summed E-state index contributed by atoms with van der Waals surface area (Å²) in [6, 6.07) is 7.30. The molecule has 1 aromatic rings. The van der Waals surface area contributed by atoms with Crippen molar-refractivity contribution in [1.82, 2.24) is 0 Å². The summed E-state index contributed by atoms with van der Waals surface area (Å²) in [6.07, 6.45) is 4.73. The summed E-state index contributed by atoms with van der Waals surface area (Å²) in [5.74, 6) is -0.265. The zero-order valence-corrected chi connectivity index (χ0v) is 10.2. The van der Waals surface area contributed by atoms with E-state index in [0.717, 1.165) is 18.4 Å². The minimum atomic E-state index is -1.06. The van der Waals surface area contributed by atoms with Gasteiger partial charge in [0.1, 0.15) is 0 Å². The minimum absolute atomic E-state index is 0.385. The molecule has 2 N–H and O–H groups in total. The molecule has 0 aliphatic heterocycles. The number of rotatable bonds is 2. The van der Waals surface area contributed by atoms with Gasteiger partial charge in [-0.25, -0.2) is 9.59 Å². The van der Waals surface area contributed by atoms with Crippen molar-refractivity contribution in [3.05, 3.63) is 35.4 Å². The lowest BCUT2D eigenvalue weighted by atomic mass is 9.82. The maximum Gasteiger partial charge on any atom is 0.412 e. The first-order valence-electron chi connectivity index (χ1n) is 6.29. The predicted molar refractivity (Wildman–Crippen MR) is 67.3 cm³/mol. The smallest absolute Gasteiger partial charge is 0.373 e. The van der Waals surface area contributed by atoms with Crippen LogP contribution >= 0.6 is 0 Å². The Kier molecular flexibility index (Phi) is 3.97. The number of nitrogens with two attached hydrogens (primary N) is 1. The maximum atomic E-state index is 11.8. The van der Waals surface area contributed by atoms with Crippen LogP contribution in [0.4, 0.5) is 4.79 Å². The summed E-state index contributed by atoms with van der Waals surface area (Å²) >= 11 is 0. The van der Waals surface area contributed by atoms with Crippen LogP contribution < -0.4 is 5.73 Å². The second-order valence-corrected chi connectivity index (χ2v) is 4.63. The second-order valence-electron chi connectivity index (χ2n) is 4.63. The normalized spacial score (nSPS) is 16.2. The van der Waals surface area contributed by atoms with Crippen LogP contribution in [0, 0.1) is 0 Å². The molecule has 1 aliphatic carbocycles. The van der Waals surface area contributed by atoms with Gasteiger partial charge in [-0.3, -0.25) is 0 Å². The highest BCUT2D eigenvalue weighted by molar-refractivity contribution is 5.97. The van der Waals surface area contributed by atoms with Crippen molar-refractivity contribution in [3.8, 4) is 0 Å². The molecule has 0 atom stereocenters. The van der Waals surface area contributed by atoms with Gasteiger partial charge in [0.15, 0.2) is 0 Å². The molecule has 1 aliphatic rings. The van der Waals surface area contributed by atoms with Gasteiger partial charge in [0.2, 0.25) is 0 Å². The van der Waals surface area contributed by atoms with E-state index >= 15 is 0 Å². The average molecular weight is 247 g/mol. The van der Waals surface area contributed by atoms with Crippen LogP contribution in [0.15, 0.2) is 24.3 Å². The molecular weight excluding hydrogens is 230 g/mol. The van der Waals surface area contributed by atoms with Crippen LogP contribution in [-0.2, 0) is 4.74 Å². The molecule has 18 heavy (non-hydrogen) atoms. The van der Waals surface area contributed by atoms with Crippen molar-refractivity contribution in [2.75, 3.05) is 0 Å². The van der Waals surface area contributed by atoms with E-state index in [1.165, 1.54) is 19.3 Å². The lowest BCUT2D eigenvalue weighted by Crippen LogP contribution is -2.20. The van der Waals surface area contributed by atoms with Gasteiger partial charge in [0, 0.05) is 0 Å². The molecule has 0 aromatic heterocycles. The number of hydrogen-bond donors (Lipinski definition) is 1. The van der Waals surface area contributed by atoms with Crippen molar-refractivity contribution in [2.24, 2.45) is 5.73 Å². The molecule has 96 valence electrons. The van der Waals surface area contributed by atoms with E-state index < -0.39 is 12.1 Å². The Bertz CT molecular complexity index is 450. The molecule has 0 unspecified atom stereocenters. The Morgan fingerprint density at radius 1 is 1.11 bits per heavy atom. The third-order valence-electron chi connectivity index (χ3n) is 3.42. The van der Waals surface area contributed by atoms with Crippen LogP contribution in [0.2, 0.25) is 0 Å². The number of carbonyl (C=O) groups excluding carboxylic acids is 2. The first-order chi connectivity index (χ1) is 8.68. The van der Waals surface area contributed by atoms with Crippen LogP contribution in [0.1, 0.15) is 53.9 Å². The molecule has 0 radical (unpaired) electrons. The van der Waals surface area contributed by atoms with Crippen molar-refractivity contribution in [2.45, 2.75) is 38.0 Å². The summed E-state index contributed by atoms with van der Waals surface area (Å²) in [5.41, 5.74) is 6.31. The fourth-order valence-electron chi connectivity index (χ4n) is 2.60. The van der Waals surface area contributed by atoms with E-state index in [1.807, 2.05) is 12.1 Å². The van der Waals surface area contributed by atoms with E-state index in [4.69, 9.17) is 5.73 Å². The Hall–Kier alpha value is -1.84. The fraction of sp³-hybridized carbons (Fsp3) is 0.429. The number of ether oxygens (including phenoxy) is 1. The molecular formula is C14H17NO3. The Morgan fingerprint density at radius 2 is 1.78 bits per heavy atom. The number of hydrogen-bond acceptors (Lipinski definition) is 3. The van der Waals surface area contributed by atoms with Gasteiger partial charge in [-0.05, 0) is 30.4 Å². The predicted octanol–water partition coefficient (Wildman–Crippen LogP) is 2.97. The molecule has 4 heteroatoms. The number of benzene rings is 1. The largest absolute Gasteiger partial charge is 0.412 e. The zero-order chi connectivity index (χ0) is 13.0. The summed E-state index contributed by atoms with van der Waals surface area (Å²) in [5, 5.41) is 0. The molecule has 1 fully saturated rings. The van der Waals surface area contributed by atoms with Crippen molar-refractivity contribution < 1.29 is 14.3 Å². The van der Waals surface area contributed by atoms with E-state index in [-0.39, 0.29) is 0 Å². The highest BCUT2D eigenvalue weighted by Gasteiger charge is 2.22. The van der Waals surface area contributed by atoms with Gasteiger partial charge < -0.3 is 10.5 Å². The van der Waals surface area contributed by atoms with Crippen molar-refractivity contribution >= 4 is 12.1 Å². The summed E-state index contributed by atoms with van der Waals surface area (Å²) < 4.78 is 4.47. The van der Waals surface area contributed by atoms with Crippen LogP contribution in [-0.4, -0.2) is 12.1 Å². The van der Waals surface area contributed by atoms with E-state index in [2.05, 4.69) is 4.74 Å². The van der Waals surface area contributed by atoms with Crippen molar-refractivity contribution in [1.29, 1.82) is 0 Å². The number of primary amides is 1. The first-order valence-corrected chi connectivity index (χ1v) is 6.29. The lowest BCUT2D eigenvalue weighted by Gasteiger charge is -2.23. The molecule has 0 bridgehead atoms. The molecule has 2 rings (SSSR count). The maximum absolute atomic E-state index is 11.8. The highest BCUT2D eigenvalue weighted by atomic mass is 16.6. The minimum Gasteiger partial charge on any atom is -0.373 e. The summed E-state index contributed by atoms with van der Waals surface area (Å²) in [4.78, 5) is 22.4. The molecule has 0 saturated heterocycles. The van der Waals surface area contributed by atoms with E-state index in [1.54, 1.807) is 12.1 Å². The second kappa shape index (κ2) is 5.67. The average Bonchev–Trinajstić information content (AvgIpc) is 2.39. The van der Waals surface area contributed by atoms with Gasteiger partial charge in [-0.2, -0.15) is 0 Å². The van der Waals surface area contributed by atoms with Crippen LogP contribution in [0.5, 0.6) is 0 Å². The topological polar surface area (TPSA) is 69.4 Å². The summed E-state index contributed by atoms with van der Waals surface area (Å²) in [6.45, 7) is 0. The lowest BCUT2D eigenvalue weighted by molar-refractivity contribution is 0.0636. The Balaban J connectivity index is 2.24. The monoisotopic (exact) mass is 247 g/mol. The Labute approximate surface area is 106 Å². The molecule has 1 aromatic carbocycles. The SMILES string of the molecule is NC(=O)OC(=O)c1ccccc1C1CCCCC1. The van der Waals surface area contributed by atoms with Gasteiger partial charge >= 0.3 is 12.1 Å². The molecule has 1 amide bonds. The van der Waals surface area contributed by atoms with E-state index in [0.29, 0.717) is 11.5 Å². The third kappa shape index (κ3) is 2.88. The molecule has 0 heterocycles. The summed E-state index contributed by atoms with van der Waals surface area (Å²) in [7, 11) is 0. The van der Waals surface area contributed by atoms with Gasteiger partial charge in [0.05, 0.1) is 5.56 Å². The highest BCUT2D eigenvalue weighted by Crippen LogP contribution is 2.34. The number of carbonyl (C=O) groups is 2. The first kappa shape index (κ1) is 12.6. The van der Waals surface area contributed by atoms with Crippen molar-refractivity contribution in [3.63, 3.8) is 0 Å². The molecule has 0 spiro atoms. The quantitative estimate of drug-likeness (QED) is 0.645. The van der Waals surface area contributed by atoms with Crippen LogP contribution in [0.3, 0.4) is 0 Å². The van der Waals surface area contributed by atoms with E-state index in [9.17, 15) is 9.59 Å². The number of amides is 1. The fourth-order valence-corrected chi connectivity index (χ4v) is 2.60. The zero-order valence-electron chi connectivity index (χ0n) is 10.2. The van der Waals surface area contributed by atoms with Gasteiger partial charge in [0.25, 0.3) is 0 Å². The van der Waals surface area contributed by atoms with Gasteiger partial charge in [-0.15, -0.1) is 0 Å². The third-order valence-corrected chi connectivity index (χ3v) is 3.42. The Morgan fingerprint density at radius 3 is 2.44 bits per heavy atom. The number of esters is 1. The van der Waals surface area contributed by atoms with Gasteiger partial charge in [-0.1, -0.05) is 37.5 Å². The van der Waals surface area contributed by atoms with Crippen LogP contribution in [0.25, 0.3) is 0 Å².